The predicted octanol–water partition coefficient (Wildman–Crippen LogP) is 4.51. The van der Waals surface area contributed by atoms with Crippen LogP contribution in [-0.4, -0.2) is 24.1 Å². The van der Waals surface area contributed by atoms with Gasteiger partial charge < -0.3 is 9.30 Å². The fourth-order valence-electron chi connectivity index (χ4n) is 3.28. The van der Waals surface area contributed by atoms with Crippen molar-refractivity contribution in [2.45, 2.75) is 51.3 Å². The monoisotopic (exact) mass is 449 g/mol. The van der Waals surface area contributed by atoms with Crippen molar-refractivity contribution in [2.24, 2.45) is 5.92 Å². The molecular formula is C24H27N5O2S. The van der Waals surface area contributed by atoms with Crippen molar-refractivity contribution in [1.82, 2.24) is 24.1 Å². The minimum absolute atomic E-state index is 0.0764. The summed E-state index contributed by atoms with van der Waals surface area (Å²) in [6, 6.07) is 15.1. The summed E-state index contributed by atoms with van der Waals surface area (Å²) in [7, 11) is 0. The zero-order chi connectivity index (χ0) is 22.5. The van der Waals surface area contributed by atoms with Crippen LogP contribution in [0, 0.1) is 12.8 Å². The molecule has 8 heteroatoms. The first-order valence-corrected chi connectivity index (χ1v) is 11.7. The van der Waals surface area contributed by atoms with Crippen molar-refractivity contribution in [1.29, 1.82) is 0 Å². The van der Waals surface area contributed by atoms with E-state index in [-0.39, 0.29) is 5.56 Å². The fourth-order valence-corrected chi connectivity index (χ4v) is 4.16. The van der Waals surface area contributed by atoms with E-state index in [0.29, 0.717) is 23.9 Å². The van der Waals surface area contributed by atoms with Crippen molar-refractivity contribution < 1.29 is 4.74 Å². The largest absolute Gasteiger partial charge is 0.486 e. The zero-order valence-electron chi connectivity index (χ0n) is 18.6. The number of fused-ring (bicyclic) bond motifs is 1. The third-order valence-electron chi connectivity index (χ3n) is 5.04. The topological polar surface area (TPSA) is 74.3 Å². The number of pyridine rings is 1. The van der Waals surface area contributed by atoms with Gasteiger partial charge in [0.1, 0.15) is 18.0 Å². The first-order chi connectivity index (χ1) is 15.5. The summed E-state index contributed by atoms with van der Waals surface area (Å²) in [5.41, 5.74) is 2.32. The molecule has 0 amide bonds. The molecule has 0 atom stereocenters. The summed E-state index contributed by atoms with van der Waals surface area (Å²) in [5.74, 6) is 2.69. The maximum absolute atomic E-state index is 12.5. The van der Waals surface area contributed by atoms with E-state index in [1.165, 1.54) is 11.8 Å². The molecule has 0 saturated carbocycles. The van der Waals surface area contributed by atoms with Crippen molar-refractivity contribution in [3.8, 4) is 5.75 Å². The molecule has 0 radical (unpaired) electrons. The molecule has 0 aliphatic heterocycles. The lowest BCUT2D eigenvalue weighted by molar-refractivity contribution is 0.285. The molecule has 3 heterocycles. The minimum Gasteiger partial charge on any atom is -0.486 e. The van der Waals surface area contributed by atoms with Gasteiger partial charge in [0, 0.05) is 24.6 Å². The molecule has 0 unspecified atom stereocenters. The highest BCUT2D eigenvalue weighted by Crippen LogP contribution is 2.23. The number of nitrogens with zero attached hydrogens (tertiary/aromatic N) is 5. The summed E-state index contributed by atoms with van der Waals surface area (Å²) in [4.78, 5) is 17.1. The predicted molar refractivity (Wildman–Crippen MR) is 126 cm³/mol. The molecule has 3 aromatic heterocycles. The molecule has 166 valence electrons. The Morgan fingerprint density at radius 3 is 2.69 bits per heavy atom. The second-order valence-electron chi connectivity index (χ2n) is 8.14. The zero-order valence-corrected chi connectivity index (χ0v) is 19.4. The lowest BCUT2D eigenvalue weighted by Crippen LogP contribution is -2.15. The Morgan fingerprint density at radius 1 is 1.09 bits per heavy atom. The van der Waals surface area contributed by atoms with Crippen LogP contribution in [0.25, 0.3) is 5.65 Å². The molecule has 0 fully saturated rings. The molecule has 4 rings (SSSR count). The SMILES string of the molecule is Cc1ccc2nc(CSc3nnc(COc4ccccc4)n3CCC(C)C)cc(=O)n2c1. The van der Waals surface area contributed by atoms with E-state index in [4.69, 9.17) is 4.74 Å². The van der Waals surface area contributed by atoms with Crippen molar-refractivity contribution in [3.63, 3.8) is 0 Å². The van der Waals surface area contributed by atoms with Crippen LogP contribution in [0.4, 0.5) is 0 Å². The molecular weight excluding hydrogens is 422 g/mol. The smallest absolute Gasteiger partial charge is 0.258 e. The molecule has 0 N–H and O–H groups in total. The highest BCUT2D eigenvalue weighted by molar-refractivity contribution is 7.98. The van der Waals surface area contributed by atoms with E-state index in [9.17, 15) is 4.79 Å². The maximum atomic E-state index is 12.5. The van der Waals surface area contributed by atoms with Gasteiger partial charge in [-0.05, 0) is 43.0 Å². The number of ether oxygens (including phenoxy) is 1. The second-order valence-corrected chi connectivity index (χ2v) is 9.09. The Hall–Kier alpha value is -3.13. The van der Waals surface area contributed by atoms with Crippen LogP contribution in [0.5, 0.6) is 5.75 Å². The Balaban J connectivity index is 1.52. The number of benzene rings is 1. The Morgan fingerprint density at radius 2 is 1.91 bits per heavy atom. The molecule has 0 bridgehead atoms. The molecule has 0 aliphatic rings. The van der Waals surface area contributed by atoms with Gasteiger partial charge in [-0.15, -0.1) is 10.2 Å². The number of hydrogen-bond acceptors (Lipinski definition) is 6. The van der Waals surface area contributed by atoms with Crippen molar-refractivity contribution in [2.75, 3.05) is 0 Å². The fraction of sp³-hybridized carbons (Fsp3) is 0.333. The standard InChI is InChI=1S/C24H27N5O2S/c1-17(2)11-12-28-22(15-31-20-7-5-4-6-8-20)26-27-24(28)32-16-19-13-23(30)29-14-18(3)9-10-21(29)25-19/h4-10,13-14,17H,11-12,15-16H2,1-3H3. The van der Waals surface area contributed by atoms with Gasteiger partial charge in [-0.25, -0.2) is 4.98 Å². The van der Waals surface area contributed by atoms with Crippen LogP contribution in [0.3, 0.4) is 0 Å². The Labute approximate surface area is 191 Å². The van der Waals surface area contributed by atoms with Gasteiger partial charge in [-0.2, -0.15) is 0 Å². The first-order valence-electron chi connectivity index (χ1n) is 10.7. The normalized spacial score (nSPS) is 11.4. The van der Waals surface area contributed by atoms with E-state index in [1.54, 1.807) is 10.5 Å². The molecule has 32 heavy (non-hydrogen) atoms. The van der Waals surface area contributed by atoms with Gasteiger partial charge in [-0.3, -0.25) is 9.20 Å². The van der Waals surface area contributed by atoms with Gasteiger partial charge >= 0.3 is 0 Å². The summed E-state index contributed by atoms with van der Waals surface area (Å²) in [6.45, 7) is 7.52. The van der Waals surface area contributed by atoms with Crippen LogP contribution < -0.4 is 10.3 Å². The number of hydrogen-bond donors (Lipinski definition) is 0. The van der Waals surface area contributed by atoms with E-state index >= 15 is 0 Å². The lowest BCUT2D eigenvalue weighted by Gasteiger charge is -2.12. The lowest BCUT2D eigenvalue weighted by atomic mass is 10.1. The summed E-state index contributed by atoms with van der Waals surface area (Å²) in [6.07, 6.45) is 2.82. The molecule has 0 aliphatic carbocycles. The maximum Gasteiger partial charge on any atom is 0.258 e. The van der Waals surface area contributed by atoms with E-state index in [2.05, 4.69) is 33.6 Å². The first kappa shape index (κ1) is 22.1. The Kier molecular flexibility index (Phi) is 6.90. The van der Waals surface area contributed by atoms with Gasteiger partial charge in [0.25, 0.3) is 5.56 Å². The van der Waals surface area contributed by atoms with Gasteiger partial charge in [0.15, 0.2) is 11.0 Å². The van der Waals surface area contributed by atoms with Crippen LogP contribution in [-0.2, 0) is 18.9 Å². The number of aryl methyl sites for hydroxylation is 1. The highest BCUT2D eigenvalue weighted by atomic mass is 32.2. The van der Waals surface area contributed by atoms with Gasteiger partial charge in [0.05, 0.1) is 5.69 Å². The number of thioether (sulfide) groups is 1. The van der Waals surface area contributed by atoms with Crippen LogP contribution in [0.2, 0.25) is 0 Å². The third-order valence-corrected chi connectivity index (χ3v) is 6.04. The van der Waals surface area contributed by atoms with E-state index in [1.807, 2.05) is 55.6 Å². The summed E-state index contributed by atoms with van der Waals surface area (Å²) < 4.78 is 9.59. The van der Waals surface area contributed by atoms with Gasteiger partial charge in [-0.1, -0.05) is 49.9 Å². The third kappa shape index (κ3) is 5.37. The average molecular weight is 450 g/mol. The molecule has 7 nitrogen and oxygen atoms in total. The van der Waals surface area contributed by atoms with Crippen LogP contribution >= 0.6 is 11.8 Å². The number of para-hydroxylation sites is 1. The van der Waals surface area contributed by atoms with Crippen molar-refractivity contribution in [3.05, 3.63) is 82.2 Å². The van der Waals surface area contributed by atoms with Crippen LogP contribution in [0.1, 0.15) is 37.4 Å². The minimum atomic E-state index is -0.0764. The quantitative estimate of drug-likeness (QED) is 0.350. The van der Waals surface area contributed by atoms with E-state index < -0.39 is 0 Å². The van der Waals surface area contributed by atoms with E-state index in [0.717, 1.165) is 41.0 Å². The Bertz CT molecular complexity index is 1250. The average Bonchev–Trinajstić information content (AvgIpc) is 3.17. The second kappa shape index (κ2) is 9.99. The number of aromatic nitrogens is 5. The van der Waals surface area contributed by atoms with Crippen molar-refractivity contribution >= 4 is 17.4 Å². The molecule has 0 saturated heterocycles. The number of rotatable bonds is 9. The molecule has 0 spiro atoms. The van der Waals surface area contributed by atoms with Crippen LogP contribution in [0.15, 0.2) is 64.7 Å². The molecule has 1 aromatic carbocycles. The molecule has 4 aromatic rings. The van der Waals surface area contributed by atoms with Gasteiger partial charge in [0.2, 0.25) is 0 Å². The summed E-state index contributed by atoms with van der Waals surface area (Å²) in [5, 5.41) is 9.59. The summed E-state index contributed by atoms with van der Waals surface area (Å²) >= 11 is 1.54. The highest BCUT2D eigenvalue weighted by Gasteiger charge is 2.15.